The van der Waals surface area contributed by atoms with Gasteiger partial charge in [-0.05, 0) is 24.3 Å². The highest BCUT2D eigenvalue weighted by Gasteiger charge is 2.07. The number of carbonyl (C=O) groups is 1. The fourth-order valence-electron chi connectivity index (χ4n) is 1.17. The molecular formula is C11H8FN3O. The van der Waals surface area contributed by atoms with Crippen LogP contribution in [0.15, 0.2) is 42.7 Å². The molecule has 0 unspecified atom stereocenters. The van der Waals surface area contributed by atoms with Gasteiger partial charge >= 0.3 is 0 Å². The molecule has 2 rings (SSSR count). The van der Waals surface area contributed by atoms with E-state index in [4.69, 9.17) is 0 Å². The lowest BCUT2D eigenvalue weighted by Crippen LogP contribution is -2.14. The van der Waals surface area contributed by atoms with Gasteiger partial charge in [0.25, 0.3) is 5.91 Å². The predicted molar refractivity (Wildman–Crippen MR) is 56.4 cm³/mol. The molecule has 0 atom stereocenters. The maximum atomic E-state index is 12.8. The predicted octanol–water partition coefficient (Wildman–Crippen LogP) is 1.87. The van der Waals surface area contributed by atoms with Crippen LogP contribution in [-0.4, -0.2) is 15.9 Å². The smallest absolute Gasteiger partial charge is 0.274 e. The van der Waals surface area contributed by atoms with E-state index in [1.165, 1.54) is 24.4 Å². The van der Waals surface area contributed by atoms with Gasteiger partial charge in [0.05, 0.1) is 11.9 Å². The maximum Gasteiger partial charge on any atom is 0.274 e. The summed E-state index contributed by atoms with van der Waals surface area (Å²) >= 11 is 0. The van der Waals surface area contributed by atoms with Crippen LogP contribution in [0.25, 0.3) is 0 Å². The van der Waals surface area contributed by atoms with Crippen molar-refractivity contribution < 1.29 is 9.18 Å². The van der Waals surface area contributed by atoms with E-state index in [0.717, 1.165) is 0 Å². The molecule has 1 amide bonds. The lowest BCUT2D eigenvalue weighted by Gasteiger charge is -2.03. The third-order valence-corrected chi connectivity index (χ3v) is 1.87. The summed E-state index contributed by atoms with van der Waals surface area (Å²) in [6, 6.07) is 7.43. The number of pyridine rings is 2. The van der Waals surface area contributed by atoms with Crippen LogP contribution in [0.1, 0.15) is 10.5 Å². The second kappa shape index (κ2) is 4.48. The van der Waals surface area contributed by atoms with Gasteiger partial charge in [-0.3, -0.25) is 9.78 Å². The van der Waals surface area contributed by atoms with E-state index in [1.807, 2.05) is 0 Å². The van der Waals surface area contributed by atoms with Crippen molar-refractivity contribution >= 4 is 11.6 Å². The molecule has 2 aromatic rings. The number of nitrogens with one attached hydrogen (secondary N) is 1. The first-order valence-electron chi connectivity index (χ1n) is 4.59. The molecule has 2 heterocycles. The van der Waals surface area contributed by atoms with Crippen LogP contribution in [0.2, 0.25) is 0 Å². The number of carbonyl (C=O) groups excluding carboxylic acids is 1. The zero-order valence-corrected chi connectivity index (χ0v) is 8.22. The Labute approximate surface area is 91.2 Å². The van der Waals surface area contributed by atoms with Crippen molar-refractivity contribution in [3.63, 3.8) is 0 Å². The summed E-state index contributed by atoms with van der Waals surface area (Å²) in [5.74, 6) is -1.15. The summed E-state index contributed by atoms with van der Waals surface area (Å²) in [6.07, 6.45) is 3.09. The van der Waals surface area contributed by atoms with Gasteiger partial charge in [0, 0.05) is 6.20 Å². The molecule has 0 aliphatic carbocycles. The number of hydrogen-bond acceptors (Lipinski definition) is 3. The summed E-state index contributed by atoms with van der Waals surface area (Å²) in [6.45, 7) is 0. The third-order valence-electron chi connectivity index (χ3n) is 1.87. The molecule has 16 heavy (non-hydrogen) atoms. The monoisotopic (exact) mass is 217 g/mol. The first-order valence-corrected chi connectivity index (χ1v) is 4.59. The van der Waals surface area contributed by atoms with Crippen LogP contribution in [0.4, 0.5) is 10.1 Å². The number of amides is 1. The van der Waals surface area contributed by atoms with Gasteiger partial charge in [-0.25, -0.2) is 4.98 Å². The summed E-state index contributed by atoms with van der Waals surface area (Å²) in [4.78, 5) is 18.9. The van der Waals surface area contributed by atoms with E-state index in [1.54, 1.807) is 18.3 Å². The minimum atomic E-state index is -0.682. The first-order chi connectivity index (χ1) is 7.75. The Morgan fingerprint density at radius 2 is 2.12 bits per heavy atom. The molecule has 80 valence electrons. The Morgan fingerprint density at radius 1 is 1.25 bits per heavy atom. The molecule has 0 radical (unpaired) electrons. The van der Waals surface area contributed by atoms with Crippen LogP contribution < -0.4 is 5.32 Å². The van der Waals surface area contributed by atoms with Crippen LogP contribution in [0.5, 0.6) is 0 Å². The maximum absolute atomic E-state index is 12.8. The quantitative estimate of drug-likeness (QED) is 0.781. The molecule has 0 aliphatic rings. The second-order valence-electron chi connectivity index (χ2n) is 3.04. The second-order valence-corrected chi connectivity index (χ2v) is 3.04. The fourth-order valence-corrected chi connectivity index (χ4v) is 1.17. The van der Waals surface area contributed by atoms with Crippen molar-refractivity contribution in [1.82, 2.24) is 9.97 Å². The third kappa shape index (κ3) is 2.38. The van der Waals surface area contributed by atoms with Crippen molar-refractivity contribution in [3.8, 4) is 0 Å². The lowest BCUT2D eigenvalue weighted by molar-refractivity contribution is 0.102. The highest BCUT2D eigenvalue weighted by molar-refractivity contribution is 6.02. The Morgan fingerprint density at radius 3 is 2.81 bits per heavy atom. The SMILES string of the molecule is O=C(Nc1cccnc1)c1cccc(F)n1. The standard InChI is InChI=1S/C11H8FN3O/c12-10-5-1-4-9(15-10)11(16)14-8-3-2-6-13-7-8/h1-7H,(H,14,16). The van der Waals surface area contributed by atoms with Gasteiger partial charge < -0.3 is 5.32 Å². The van der Waals surface area contributed by atoms with Gasteiger partial charge in [-0.15, -0.1) is 0 Å². The molecule has 0 fully saturated rings. The zero-order chi connectivity index (χ0) is 11.4. The zero-order valence-electron chi connectivity index (χ0n) is 8.22. The van der Waals surface area contributed by atoms with Crippen molar-refractivity contribution in [1.29, 1.82) is 0 Å². The average molecular weight is 217 g/mol. The van der Waals surface area contributed by atoms with E-state index < -0.39 is 11.9 Å². The number of hydrogen-bond donors (Lipinski definition) is 1. The van der Waals surface area contributed by atoms with Crippen molar-refractivity contribution in [3.05, 3.63) is 54.4 Å². The molecule has 0 bridgehead atoms. The molecule has 0 saturated carbocycles. The Hall–Kier alpha value is -2.30. The minimum absolute atomic E-state index is 0.0313. The van der Waals surface area contributed by atoms with E-state index in [2.05, 4.69) is 15.3 Å². The summed E-state index contributed by atoms with van der Waals surface area (Å²) in [5.41, 5.74) is 0.572. The number of halogens is 1. The Bertz CT molecular complexity index is 502. The van der Waals surface area contributed by atoms with Crippen LogP contribution in [-0.2, 0) is 0 Å². The molecule has 0 aromatic carbocycles. The van der Waals surface area contributed by atoms with Crippen LogP contribution in [0, 0.1) is 5.95 Å². The summed E-state index contributed by atoms with van der Waals surface area (Å²) < 4.78 is 12.8. The number of aromatic nitrogens is 2. The summed E-state index contributed by atoms with van der Waals surface area (Å²) in [5, 5.41) is 2.55. The van der Waals surface area contributed by atoms with Crippen LogP contribution in [0.3, 0.4) is 0 Å². The van der Waals surface area contributed by atoms with E-state index >= 15 is 0 Å². The van der Waals surface area contributed by atoms with Crippen LogP contribution >= 0.6 is 0 Å². The summed E-state index contributed by atoms with van der Waals surface area (Å²) in [7, 11) is 0. The van der Waals surface area contributed by atoms with Gasteiger partial charge in [0.2, 0.25) is 5.95 Å². The highest BCUT2D eigenvalue weighted by atomic mass is 19.1. The Kier molecular flexibility index (Phi) is 2.86. The van der Waals surface area contributed by atoms with E-state index in [9.17, 15) is 9.18 Å². The molecular weight excluding hydrogens is 209 g/mol. The molecule has 0 saturated heterocycles. The minimum Gasteiger partial charge on any atom is -0.319 e. The molecule has 1 N–H and O–H groups in total. The topological polar surface area (TPSA) is 54.9 Å². The molecule has 0 aliphatic heterocycles. The van der Waals surface area contributed by atoms with E-state index in [0.29, 0.717) is 5.69 Å². The highest BCUT2D eigenvalue weighted by Crippen LogP contribution is 2.05. The van der Waals surface area contributed by atoms with Gasteiger partial charge in [-0.2, -0.15) is 4.39 Å². The first kappa shape index (κ1) is 10.2. The number of rotatable bonds is 2. The largest absolute Gasteiger partial charge is 0.319 e. The molecule has 2 aromatic heterocycles. The van der Waals surface area contributed by atoms with Gasteiger partial charge in [0.1, 0.15) is 5.69 Å². The normalized spacial score (nSPS) is 9.81. The lowest BCUT2D eigenvalue weighted by atomic mass is 10.3. The number of nitrogens with zero attached hydrogens (tertiary/aromatic N) is 2. The van der Waals surface area contributed by atoms with Gasteiger partial charge in [0.15, 0.2) is 0 Å². The number of anilines is 1. The fraction of sp³-hybridized carbons (Fsp3) is 0. The van der Waals surface area contributed by atoms with Gasteiger partial charge in [-0.1, -0.05) is 6.07 Å². The Balaban J connectivity index is 2.15. The van der Waals surface area contributed by atoms with Crippen molar-refractivity contribution in [2.75, 3.05) is 5.32 Å². The average Bonchev–Trinajstić information content (AvgIpc) is 2.30. The van der Waals surface area contributed by atoms with E-state index in [-0.39, 0.29) is 5.69 Å². The molecule has 0 spiro atoms. The molecule has 5 heteroatoms. The van der Waals surface area contributed by atoms with Crippen molar-refractivity contribution in [2.24, 2.45) is 0 Å². The van der Waals surface area contributed by atoms with Crippen molar-refractivity contribution in [2.45, 2.75) is 0 Å². The molecule has 4 nitrogen and oxygen atoms in total.